The molecule has 0 saturated carbocycles. The highest BCUT2D eigenvalue weighted by molar-refractivity contribution is 6.21. The number of amides is 3. The van der Waals surface area contributed by atoms with Crippen LogP contribution in [0.15, 0.2) is 48.5 Å². The van der Waals surface area contributed by atoms with E-state index in [0.29, 0.717) is 24.1 Å². The molecule has 2 N–H and O–H groups in total. The van der Waals surface area contributed by atoms with Crippen LogP contribution in [0.3, 0.4) is 0 Å². The van der Waals surface area contributed by atoms with E-state index in [1.165, 1.54) is 9.80 Å². The number of quaternary nitrogens is 1. The molecule has 0 aliphatic carbocycles. The number of carbonyl (C=O) groups is 3. The smallest absolute Gasteiger partial charge is 0.261 e. The highest BCUT2D eigenvalue weighted by Crippen LogP contribution is 2.22. The van der Waals surface area contributed by atoms with Crippen molar-refractivity contribution >= 4 is 17.7 Å². The molecule has 0 unspecified atom stereocenters. The van der Waals surface area contributed by atoms with E-state index < -0.39 is 0 Å². The Morgan fingerprint density at radius 1 is 1.07 bits per heavy atom. The van der Waals surface area contributed by atoms with Crippen LogP contribution in [0.4, 0.5) is 0 Å². The lowest BCUT2D eigenvalue weighted by molar-refractivity contribution is -0.890. The highest BCUT2D eigenvalue weighted by atomic mass is 16.5. The number of imide groups is 1. The van der Waals surface area contributed by atoms with Crippen LogP contribution >= 0.6 is 0 Å². The number of benzene rings is 2. The summed E-state index contributed by atoms with van der Waals surface area (Å²) in [5.74, 6) is 0.113. The van der Waals surface area contributed by atoms with Gasteiger partial charge < -0.3 is 15.0 Å². The number of nitrogens with zero attached hydrogens (tertiary/aromatic N) is 1. The molecule has 7 heteroatoms. The van der Waals surface area contributed by atoms with Gasteiger partial charge in [-0.25, -0.2) is 0 Å². The van der Waals surface area contributed by atoms with E-state index in [1.807, 2.05) is 38.4 Å². The van der Waals surface area contributed by atoms with Crippen LogP contribution in [-0.4, -0.2) is 56.9 Å². The summed E-state index contributed by atoms with van der Waals surface area (Å²) in [6.45, 7) is 0.722. The minimum absolute atomic E-state index is 0.0836. The lowest BCUT2D eigenvalue weighted by atomic mass is 10.1. The zero-order valence-corrected chi connectivity index (χ0v) is 17.6. The van der Waals surface area contributed by atoms with E-state index in [-0.39, 0.29) is 36.7 Å². The van der Waals surface area contributed by atoms with Crippen LogP contribution in [0.5, 0.6) is 5.75 Å². The predicted octanol–water partition coefficient (Wildman–Crippen LogP) is 1.07. The molecule has 1 atom stereocenters. The van der Waals surface area contributed by atoms with Gasteiger partial charge in [0.2, 0.25) is 5.91 Å². The van der Waals surface area contributed by atoms with Crippen LogP contribution in [0.25, 0.3) is 0 Å². The Labute approximate surface area is 176 Å². The van der Waals surface area contributed by atoms with Crippen molar-refractivity contribution in [3.8, 4) is 5.75 Å². The molecule has 2 aromatic rings. The molecule has 0 spiro atoms. The van der Waals surface area contributed by atoms with Gasteiger partial charge in [-0.15, -0.1) is 0 Å². The second-order valence-electron chi connectivity index (χ2n) is 7.62. The monoisotopic (exact) mass is 410 g/mol. The fraction of sp³-hybridized carbons (Fsp3) is 0.348. The van der Waals surface area contributed by atoms with Crippen LogP contribution < -0.4 is 15.0 Å². The number of likely N-dealkylation sites (N-methyl/N-ethyl adjacent to an activating group) is 1. The maximum Gasteiger partial charge on any atom is 0.261 e. The van der Waals surface area contributed by atoms with Gasteiger partial charge >= 0.3 is 0 Å². The van der Waals surface area contributed by atoms with Crippen molar-refractivity contribution in [2.75, 3.05) is 34.3 Å². The first-order valence-electron chi connectivity index (χ1n) is 10.1. The Balaban J connectivity index is 1.50. The highest BCUT2D eigenvalue weighted by Gasteiger charge is 2.34. The first kappa shape index (κ1) is 21.5. The molecular formula is C23H28N3O4+. The number of hydrogen-bond donors (Lipinski definition) is 2. The van der Waals surface area contributed by atoms with E-state index in [2.05, 4.69) is 5.32 Å². The number of fused-ring (bicyclic) bond motifs is 1. The van der Waals surface area contributed by atoms with Crippen molar-refractivity contribution in [1.29, 1.82) is 0 Å². The number of nitrogens with one attached hydrogen (secondary N) is 2. The molecule has 3 rings (SSSR count). The Kier molecular flexibility index (Phi) is 6.84. The van der Waals surface area contributed by atoms with Gasteiger partial charge in [0.05, 0.1) is 38.9 Å². The minimum Gasteiger partial charge on any atom is -0.497 e. The fourth-order valence-corrected chi connectivity index (χ4v) is 3.66. The molecule has 1 heterocycles. The molecule has 0 radical (unpaired) electrons. The molecular weight excluding hydrogens is 382 g/mol. The van der Waals surface area contributed by atoms with Gasteiger partial charge in [0.25, 0.3) is 11.8 Å². The largest absolute Gasteiger partial charge is 0.497 e. The van der Waals surface area contributed by atoms with E-state index in [9.17, 15) is 14.4 Å². The molecule has 7 nitrogen and oxygen atoms in total. The molecule has 2 aromatic carbocycles. The lowest BCUT2D eigenvalue weighted by Gasteiger charge is -2.22. The van der Waals surface area contributed by atoms with Gasteiger partial charge in [-0.1, -0.05) is 24.3 Å². The Morgan fingerprint density at radius 2 is 1.73 bits per heavy atom. The van der Waals surface area contributed by atoms with Gasteiger partial charge in [0.1, 0.15) is 11.8 Å². The summed E-state index contributed by atoms with van der Waals surface area (Å²) < 4.78 is 5.30. The topological polar surface area (TPSA) is 80.2 Å². The van der Waals surface area contributed by atoms with Crippen LogP contribution in [-0.2, 0) is 4.79 Å². The zero-order valence-electron chi connectivity index (χ0n) is 17.6. The predicted molar refractivity (Wildman–Crippen MR) is 113 cm³/mol. The van der Waals surface area contributed by atoms with Gasteiger partial charge in [-0.05, 0) is 30.7 Å². The van der Waals surface area contributed by atoms with Crippen molar-refractivity contribution in [3.63, 3.8) is 0 Å². The van der Waals surface area contributed by atoms with Crippen molar-refractivity contribution in [2.24, 2.45) is 0 Å². The van der Waals surface area contributed by atoms with E-state index in [1.54, 1.807) is 31.4 Å². The van der Waals surface area contributed by atoms with Crippen LogP contribution in [0.2, 0.25) is 0 Å². The summed E-state index contributed by atoms with van der Waals surface area (Å²) in [6, 6.07) is 14.7. The summed E-state index contributed by atoms with van der Waals surface area (Å²) in [6.07, 6.45) is 0.678. The Hall–Kier alpha value is -3.19. The van der Waals surface area contributed by atoms with Gasteiger partial charge in [-0.3, -0.25) is 19.3 Å². The van der Waals surface area contributed by atoms with Gasteiger partial charge in [-0.2, -0.15) is 0 Å². The molecule has 158 valence electrons. The standard InChI is InChI=1S/C23H27N3O4/c1-25(2)20(16-8-6-9-17(14-16)30-3)15-24-21(27)12-7-13-26-22(28)18-10-4-5-11-19(18)23(26)29/h4-6,8-11,14,20H,7,12-13,15H2,1-3H3,(H,24,27)/p+1/t20-/m0/s1. The first-order chi connectivity index (χ1) is 14.4. The third-order valence-electron chi connectivity index (χ3n) is 5.36. The fourth-order valence-electron chi connectivity index (χ4n) is 3.66. The minimum atomic E-state index is -0.287. The lowest BCUT2D eigenvalue weighted by Crippen LogP contribution is -3.07. The maximum atomic E-state index is 12.4. The number of hydrogen-bond acceptors (Lipinski definition) is 4. The van der Waals surface area contributed by atoms with Crippen LogP contribution in [0, 0.1) is 0 Å². The molecule has 0 aromatic heterocycles. The summed E-state index contributed by atoms with van der Waals surface area (Å²) in [7, 11) is 5.71. The first-order valence-corrected chi connectivity index (χ1v) is 10.1. The Morgan fingerprint density at radius 3 is 2.33 bits per heavy atom. The normalized spacial score (nSPS) is 14.1. The van der Waals surface area contributed by atoms with E-state index >= 15 is 0 Å². The third kappa shape index (κ3) is 4.68. The Bertz CT molecular complexity index is 907. The number of methoxy groups -OCH3 is 1. The zero-order chi connectivity index (χ0) is 21.7. The molecule has 1 aliphatic rings. The summed E-state index contributed by atoms with van der Waals surface area (Å²) in [5.41, 5.74) is 1.95. The summed E-state index contributed by atoms with van der Waals surface area (Å²) in [5, 5.41) is 2.98. The van der Waals surface area contributed by atoms with Gasteiger partial charge in [0, 0.05) is 18.5 Å². The third-order valence-corrected chi connectivity index (χ3v) is 5.36. The van der Waals surface area contributed by atoms with Gasteiger partial charge in [0.15, 0.2) is 0 Å². The number of carbonyl (C=O) groups excluding carboxylic acids is 3. The molecule has 30 heavy (non-hydrogen) atoms. The van der Waals surface area contributed by atoms with E-state index in [4.69, 9.17) is 4.74 Å². The maximum absolute atomic E-state index is 12.4. The summed E-state index contributed by atoms with van der Waals surface area (Å²) >= 11 is 0. The molecule has 1 aliphatic heterocycles. The second kappa shape index (κ2) is 9.54. The van der Waals surface area contributed by atoms with Crippen molar-refractivity contribution < 1.29 is 24.0 Å². The van der Waals surface area contributed by atoms with Crippen molar-refractivity contribution in [1.82, 2.24) is 10.2 Å². The average molecular weight is 410 g/mol. The number of rotatable bonds is 9. The summed E-state index contributed by atoms with van der Waals surface area (Å²) in [4.78, 5) is 39.5. The second-order valence-corrected chi connectivity index (χ2v) is 7.62. The van der Waals surface area contributed by atoms with Crippen molar-refractivity contribution in [3.05, 3.63) is 65.2 Å². The quantitative estimate of drug-likeness (QED) is 0.606. The SMILES string of the molecule is COc1cccc([C@H](CNC(=O)CCCN2C(=O)c3ccccc3C2=O)[NH+](C)C)c1. The van der Waals surface area contributed by atoms with Crippen LogP contribution in [0.1, 0.15) is 45.2 Å². The van der Waals surface area contributed by atoms with E-state index in [0.717, 1.165) is 11.3 Å². The number of ether oxygens (including phenoxy) is 1. The molecule has 0 fully saturated rings. The average Bonchev–Trinajstić information content (AvgIpc) is 2.99. The molecule has 3 amide bonds. The molecule has 0 bridgehead atoms. The molecule has 0 saturated heterocycles. The van der Waals surface area contributed by atoms with Crippen molar-refractivity contribution in [2.45, 2.75) is 18.9 Å².